The second kappa shape index (κ2) is 9.01. The van der Waals surface area contributed by atoms with E-state index in [1.54, 1.807) is 24.3 Å². The number of benzene rings is 1. The van der Waals surface area contributed by atoms with Crippen molar-refractivity contribution in [3.8, 4) is 5.75 Å². The molecule has 0 saturated heterocycles. The third-order valence-corrected chi connectivity index (χ3v) is 6.12. The summed E-state index contributed by atoms with van der Waals surface area (Å²) in [5.41, 5.74) is 1.53. The Balaban J connectivity index is 1.51. The molecule has 28 heavy (non-hydrogen) atoms. The van der Waals surface area contributed by atoms with Gasteiger partial charge in [0.2, 0.25) is 0 Å². The van der Waals surface area contributed by atoms with Crippen LogP contribution in [0.5, 0.6) is 5.75 Å². The van der Waals surface area contributed by atoms with Crippen LogP contribution in [-0.2, 0) is 22.4 Å². The molecular weight excluding hydrogens is 378 g/mol. The van der Waals surface area contributed by atoms with E-state index in [0.29, 0.717) is 22.1 Å². The number of imide groups is 1. The maximum atomic E-state index is 12.3. The van der Waals surface area contributed by atoms with Gasteiger partial charge in [-0.1, -0.05) is 13.3 Å². The van der Waals surface area contributed by atoms with Crippen molar-refractivity contribution in [2.24, 2.45) is 5.92 Å². The second-order valence-electron chi connectivity index (χ2n) is 6.76. The Morgan fingerprint density at radius 3 is 2.64 bits per heavy atom. The number of hydrogen-bond donors (Lipinski definition) is 1. The standard InChI is InChI=1S/C21H23NO5S/c1-3-13-4-9-17-15(10-13)11-18(28-17)21(25)27-12-19(23)22-20(24)14-5-7-16(26-2)8-6-14/h5-8,11,13H,3-4,9-10,12H2,1-2H3,(H,22,23,24). The Morgan fingerprint density at radius 1 is 1.21 bits per heavy atom. The fourth-order valence-corrected chi connectivity index (χ4v) is 4.33. The minimum atomic E-state index is -0.665. The summed E-state index contributed by atoms with van der Waals surface area (Å²) in [6, 6.07) is 8.23. The lowest BCUT2D eigenvalue weighted by molar-refractivity contribution is -0.123. The number of amides is 2. The highest BCUT2D eigenvalue weighted by Crippen LogP contribution is 2.33. The number of aryl methyl sites for hydroxylation is 1. The molecule has 1 aliphatic carbocycles. The maximum Gasteiger partial charge on any atom is 0.348 e. The third-order valence-electron chi connectivity index (χ3n) is 4.90. The fourth-order valence-electron chi connectivity index (χ4n) is 3.23. The van der Waals surface area contributed by atoms with Gasteiger partial charge in [-0.25, -0.2) is 4.79 Å². The van der Waals surface area contributed by atoms with E-state index in [2.05, 4.69) is 12.2 Å². The zero-order chi connectivity index (χ0) is 20.1. The van der Waals surface area contributed by atoms with Gasteiger partial charge in [0, 0.05) is 10.4 Å². The smallest absolute Gasteiger partial charge is 0.348 e. The molecule has 0 fully saturated rings. The first-order valence-electron chi connectivity index (χ1n) is 9.27. The monoisotopic (exact) mass is 401 g/mol. The average Bonchev–Trinajstić information content (AvgIpc) is 3.15. The van der Waals surface area contributed by atoms with Crippen molar-refractivity contribution in [2.45, 2.75) is 32.6 Å². The van der Waals surface area contributed by atoms with Gasteiger partial charge in [0.15, 0.2) is 6.61 Å². The molecule has 0 saturated carbocycles. The first-order chi connectivity index (χ1) is 13.5. The highest BCUT2D eigenvalue weighted by Gasteiger charge is 2.23. The highest BCUT2D eigenvalue weighted by molar-refractivity contribution is 7.14. The van der Waals surface area contributed by atoms with Crippen molar-refractivity contribution in [1.29, 1.82) is 0 Å². The van der Waals surface area contributed by atoms with Gasteiger partial charge < -0.3 is 9.47 Å². The number of carbonyl (C=O) groups is 3. The fraction of sp³-hybridized carbons (Fsp3) is 0.381. The molecule has 1 unspecified atom stereocenters. The molecule has 0 radical (unpaired) electrons. The van der Waals surface area contributed by atoms with E-state index in [9.17, 15) is 14.4 Å². The number of methoxy groups -OCH3 is 1. The largest absolute Gasteiger partial charge is 0.497 e. The summed E-state index contributed by atoms with van der Waals surface area (Å²) in [7, 11) is 1.53. The first kappa shape index (κ1) is 20.1. The van der Waals surface area contributed by atoms with Gasteiger partial charge in [-0.2, -0.15) is 0 Å². The van der Waals surface area contributed by atoms with E-state index in [1.807, 2.05) is 6.07 Å². The van der Waals surface area contributed by atoms with Gasteiger partial charge in [0.25, 0.3) is 11.8 Å². The molecule has 1 aliphatic rings. The van der Waals surface area contributed by atoms with E-state index >= 15 is 0 Å². The topological polar surface area (TPSA) is 81.7 Å². The summed E-state index contributed by atoms with van der Waals surface area (Å²) >= 11 is 1.44. The minimum absolute atomic E-state index is 0.317. The van der Waals surface area contributed by atoms with Crippen LogP contribution in [0, 0.1) is 5.92 Å². The van der Waals surface area contributed by atoms with Crippen LogP contribution >= 0.6 is 11.3 Å². The van der Waals surface area contributed by atoms with Gasteiger partial charge >= 0.3 is 5.97 Å². The Kier molecular flexibility index (Phi) is 6.46. The van der Waals surface area contributed by atoms with Gasteiger partial charge in [-0.3, -0.25) is 14.9 Å². The second-order valence-corrected chi connectivity index (χ2v) is 7.89. The molecule has 1 aromatic carbocycles. The van der Waals surface area contributed by atoms with Gasteiger partial charge in [0.05, 0.1) is 7.11 Å². The number of esters is 1. The molecule has 3 rings (SSSR count). The number of carbonyl (C=O) groups excluding carboxylic acids is 3. The Hall–Kier alpha value is -2.67. The summed E-state index contributed by atoms with van der Waals surface area (Å²) in [6.45, 7) is 1.68. The Labute approximate surface area is 167 Å². The predicted molar refractivity (Wildman–Crippen MR) is 106 cm³/mol. The number of hydrogen-bond acceptors (Lipinski definition) is 6. The average molecular weight is 401 g/mol. The lowest BCUT2D eigenvalue weighted by Crippen LogP contribution is -2.34. The predicted octanol–water partition coefficient (Wildman–Crippen LogP) is 3.39. The van der Waals surface area contributed by atoms with Crippen LogP contribution in [0.25, 0.3) is 0 Å². The summed E-state index contributed by atoms with van der Waals surface area (Å²) in [4.78, 5) is 38.0. The highest BCUT2D eigenvalue weighted by atomic mass is 32.1. The lowest BCUT2D eigenvalue weighted by Gasteiger charge is -2.19. The van der Waals surface area contributed by atoms with Crippen LogP contribution in [-0.4, -0.2) is 31.5 Å². The molecule has 2 amide bonds. The summed E-state index contributed by atoms with van der Waals surface area (Å²) in [6.07, 6.45) is 4.26. The molecule has 1 heterocycles. The summed E-state index contributed by atoms with van der Waals surface area (Å²) < 4.78 is 10.1. The van der Waals surface area contributed by atoms with Crippen molar-refractivity contribution in [1.82, 2.24) is 5.32 Å². The van der Waals surface area contributed by atoms with Crippen molar-refractivity contribution in [2.75, 3.05) is 13.7 Å². The van der Waals surface area contributed by atoms with Crippen LogP contribution in [0.1, 0.15) is 50.2 Å². The first-order valence-corrected chi connectivity index (χ1v) is 10.1. The van der Waals surface area contributed by atoms with Gasteiger partial charge in [-0.15, -0.1) is 11.3 Å². The molecule has 0 bridgehead atoms. The maximum absolute atomic E-state index is 12.3. The lowest BCUT2D eigenvalue weighted by atomic mass is 9.87. The van der Waals surface area contributed by atoms with E-state index in [4.69, 9.17) is 9.47 Å². The van der Waals surface area contributed by atoms with Crippen LogP contribution < -0.4 is 10.1 Å². The molecule has 0 spiro atoms. The van der Waals surface area contributed by atoms with Crippen LogP contribution in [0.2, 0.25) is 0 Å². The van der Waals surface area contributed by atoms with Crippen molar-refractivity contribution >= 4 is 29.1 Å². The number of rotatable bonds is 6. The molecule has 1 aromatic heterocycles. The van der Waals surface area contributed by atoms with E-state index in [0.717, 1.165) is 25.7 Å². The third kappa shape index (κ3) is 4.78. The molecule has 148 valence electrons. The molecule has 0 aliphatic heterocycles. The summed E-state index contributed by atoms with van der Waals surface area (Å²) in [5, 5.41) is 2.21. The molecular formula is C21H23NO5S. The summed E-state index contributed by atoms with van der Waals surface area (Å²) in [5.74, 6) is -0.469. The Morgan fingerprint density at radius 2 is 1.96 bits per heavy atom. The number of thiophene rings is 1. The number of nitrogens with one attached hydrogen (secondary N) is 1. The van der Waals surface area contributed by atoms with Crippen LogP contribution in [0.3, 0.4) is 0 Å². The molecule has 1 N–H and O–H groups in total. The van der Waals surface area contributed by atoms with E-state index < -0.39 is 24.4 Å². The van der Waals surface area contributed by atoms with Crippen LogP contribution in [0.4, 0.5) is 0 Å². The minimum Gasteiger partial charge on any atom is -0.497 e. The normalized spacial score (nSPS) is 15.4. The molecule has 1 atom stereocenters. The number of ether oxygens (including phenoxy) is 2. The molecule has 2 aromatic rings. The molecule has 6 nitrogen and oxygen atoms in total. The van der Waals surface area contributed by atoms with Crippen molar-refractivity contribution in [3.05, 3.63) is 51.2 Å². The zero-order valence-corrected chi connectivity index (χ0v) is 16.8. The van der Waals surface area contributed by atoms with E-state index in [1.165, 1.54) is 28.9 Å². The van der Waals surface area contributed by atoms with Gasteiger partial charge in [-0.05, 0) is 61.1 Å². The SMILES string of the molecule is CCC1CCc2sc(C(=O)OCC(=O)NC(=O)c3ccc(OC)cc3)cc2C1. The Bertz CT molecular complexity index is 871. The van der Waals surface area contributed by atoms with Gasteiger partial charge in [0.1, 0.15) is 10.6 Å². The van der Waals surface area contributed by atoms with Crippen molar-refractivity contribution in [3.63, 3.8) is 0 Å². The quantitative estimate of drug-likeness (QED) is 0.751. The zero-order valence-electron chi connectivity index (χ0n) is 15.9. The number of fused-ring (bicyclic) bond motifs is 1. The molecule has 7 heteroatoms. The van der Waals surface area contributed by atoms with Crippen molar-refractivity contribution < 1.29 is 23.9 Å². The van der Waals surface area contributed by atoms with Crippen LogP contribution in [0.15, 0.2) is 30.3 Å². The van der Waals surface area contributed by atoms with E-state index in [-0.39, 0.29) is 0 Å².